The Labute approximate surface area is 108 Å². The van der Waals surface area contributed by atoms with Crippen molar-refractivity contribution in [1.29, 1.82) is 0 Å². The molecule has 0 spiro atoms. The third kappa shape index (κ3) is 5.36. The highest BCUT2D eigenvalue weighted by atomic mass is 15.3. The average molecular weight is 241 g/mol. The molecule has 0 aromatic carbocycles. The largest absolute Gasteiger partial charge is 0.317 e. The highest BCUT2D eigenvalue weighted by Gasteiger charge is 2.19. The Bertz CT molecular complexity index is 185. The fourth-order valence-electron chi connectivity index (χ4n) is 2.45. The summed E-state index contributed by atoms with van der Waals surface area (Å²) in [6.45, 7) is 13.2. The Morgan fingerprint density at radius 3 is 2.29 bits per heavy atom. The maximum absolute atomic E-state index is 3.31. The van der Waals surface area contributed by atoms with Crippen LogP contribution in [0.3, 0.4) is 0 Å². The van der Waals surface area contributed by atoms with Crippen LogP contribution < -0.4 is 5.32 Å². The molecule has 1 rings (SSSR count). The van der Waals surface area contributed by atoms with Crippen LogP contribution in [0.15, 0.2) is 0 Å². The van der Waals surface area contributed by atoms with E-state index >= 15 is 0 Å². The van der Waals surface area contributed by atoms with Crippen LogP contribution in [0.25, 0.3) is 0 Å². The molecule has 17 heavy (non-hydrogen) atoms. The SMILES string of the molecule is CCC(C)N1CCN(CCCC(C)NC)CC1. The van der Waals surface area contributed by atoms with Crippen LogP contribution in [0.4, 0.5) is 0 Å². The Morgan fingerprint density at radius 1 is 1.12 bits per heavy atom. The fraction of sp³-hybridized carbons (Fsp3) is 1.00. The Hall–Kier alpha value is -0.120. The number of piperazine rings is 1. The van der Waals surface area contributed by atoms with Crippen molar-refractivity contribution in [3.8, 4) is 0 Å². The molecule has 1 aliphatic rings. The lowest BCUT2D eigenvalue weighted by molar-refractivity contribution is 0.0991. The van der Waals surface area contributed by atoms with Crippen molar-refractivity contribution in [2.45, 2.75) is 52.1 Å². The van der Waals surface area contributed by atoms with Crippen LogP contribution >= 0.6 is 0 Å². The molecule has 3 heteroatoms. The van der Waals surface area contributed by atoms with Crippen molar-refractivity contribution in [3.05, 3.63) is 0 Å². The summed E-state index contributed by atoms with van der Waals surface area (Å²) in [5.41, 5.74) is 0. The van der Waals surface area contributed by atoms with Crippen LogP contribution in [-0.4, -0.2) is 61.7 Å². The molecule has 1 fully saturated rings. The van der Waals surface area contributed by atoms with E-state index < -0.39 is 0 Å². The zero-order chi connectivity index (χ0) is 12.7. The van der Waals surface area contributed by atoms with E-state index in [1.165, 1.54) is 52.0 Å². The molecule has 0 amide bonds. The number of nitrogens with one attached hydrogen (secondary N) is 1. The van der Waals surface area contributed by atoms with Gasteiger partial charge in [-0.25, -0.2) is 0 Å². The van der Waals surface area contributed by atoms with E-state index in [1.807, 2.05) is 0 Å². The zero-order valence-corrected chi connectivity index (χ0v) is 12.2. The van der Waals surface area contributed by atoms with Crippen LogP contribution in [0.2, 0.25) is 0 Å². The van der Waals surface area contributed by atoms with Gasteiger partial charge >= 0.3 is 0 Å². The van der Waals surface area contributed by atoms with E-state index in [1.54, 1.807) is 0 Å². The van der Waals surface area contributed by atoms with E-state index in [-0.39, 0.29) is 0 Å². The quantitative estimate of drug-likeness (QED) is 0.733. The maximum Gasteiger partial charge on any atom is 0.0113 e. The minimum atomic E-state index is 0.663. The minimum Gasteiger partial charge on any atom is -0.317 e. The topological polar surface area (TPSA) is 18.5 Å². The first-order valence-corrected chi connectivity index (χ1v) is 7.31. The molecule has 1 heterocycles. The van der Waals surface area contributed by atoms with Crippen LogP contribution in [0.5, 0.6) is 0 Å². The van der Waals surface area contributed by atoms with E-state index in [2.05, 4.69) is 42.9 Å². The van der Waals surface area contributed by atoms with Gasteiger partial charge in [0.15, 0.2) is 0 Å². The monoisotopic (exact) mass is 241 g/mol. The molecule has 102 valence electrons. The minimum absolute atomic E-state index is 0.663. The second-order valence-electron chi connectivity index (χ2n) is 5.47. The van der Waals surface area contributed by atoms with Crippen molar-refractivity contribution in [2.75, 3.05) is 39.8 Å². The predicted octanol–water partition coefficient (Wildman–Crippen LogP) is 1.79. The van der Waals surface area contributed by atoms with Crippen molar-refractivity contribution in [1.82, 2.24) is 15.1 Å². The summed E-state index contributed by atoms with van der Waals surface area (Å²) >= 11 is 0. The second kappa shape index (κ2) is 8.06. The summed E-state index contributed by atoms with van der Waals surface area (Å²) in [5.74, 6) is 0. The smallest absolute Gasteiger partial charge is 0.0113 e. The van der Waals surface area contributed by atoms with Gasteiger partial charge in [0, 0.05) is 38.3 Å². The zero-order valence-electron chi connectivity index (χ0n) is 12.2. The molecule has 1 saturated heterocycles. The highest BCUT2D eigenvalue weighted by Crippen LogP contribution is 2.09. The van der Waals surface area contributed by atoms with Crippen molar-refractivity contribution in [2.24, 2.45) is 0 Å². The van der Waals surface area contributed by atoms with Gasteiger partial charge in [0.2, 0.25) is 0 Å². The Balaban J connectivity index is 2.11. The second-order valence-corrected chi connectivity index (χ2v) is 5.47. The van der Waals surface area contributed by atoms with Crippen molar-refractivity contribution >= 4 is 0 Å². The standard InChI is InChI=1S/C14H31N3/c1-5-14(3)17-11-9-16(10-12-17)8-6-7-13(2)15-4/h13-15H,5-12H2,1-4H3. The summed E-state index contributed by atoms with van der Waals surface area (Å²) in [5, 5.41) is 3.31. The summed E-state index contributed by atoms with van der Waals surface area (Å²) < 4.78 is 0. The van der Waals surface area contributed by atoms with Gasteiger partial charge in [-0.05, 0) is 46.7 Å². The summed E-state index contributed by atoms with van der Waals surface area (Å²) in [6.07, 6.45) is 3.90. The highest BCUT2D eigenvalue weighted by molar-refractivity contribution is 4.75. The molecule has 0 saturated carbocycles. The molecule has 1 aliphatic heterocycles. The molecule has 0 bridgehead atoms. The van der Waals surface area contributed by atoms with Gasteiger partial charge in [-0.3, -0.25) is 4.90 Å². The molecule has 3 nitrogen and oxygen atoms in total. The molecule has 2 atom stereocenters. The van der Waals surface area contributed by atoms with Gasteiger partial charge in [-0.15, -0.1) is 0 Å². The van der Waals surface area contributed by atoms with E-state index in [0.29, 0.717) is 6.04 Å². The third-order valence-electron chi connectivity index (χ3n) is 4.23. The number of hydrogen-bond acceptors (Lipinski definition) is 3. The first-order chi connectivity index (χ1) is 8.17. The van der Waals surface area contributed by atoms with E-state index in [0.717, 1.165) is 6.04 Å². The molecule has 0 radical (unpaired) electrons. The number of nitrogens with zero attached hydrogens (tertiary/aromatic N) is 2. The van der Waals surface area contributed by atoms with Gasteiger partial charge in [0.1, 0.15) is 0 Å². The maximum atomic E-state index is 3.31. The lowest BCUT2D eigenvalue weighted by atomic mass is 10.1. The van der Waals surface area contributed by atoms with Gasteiger partial charge in [0.25, 0.3) is 0 Å². The predicted molar refractivity (Wildman–Crippen MR) is 75.5 cm³/mol. The molecule has 0 aliphatic carbocycles. The molecular formula is C14H31N3. The summed E-state index contributed by atoms with van der Waals surface area (Å²) in [7, 11) is 2.05. The van der Waals surface area contributed by atoms with E-state index in [9.17, 15) is 0 Å². The average Bonchev–Trinajstić information content (AvgIpc) is 2.38. The lowest BCUT2D eigenvalue weighted by Gasteiger charge is -2.37. The Morgan fingerprint density at radius 2 is 1.76 bits per heavy atom. The first-order valence-electron chi connectivity index (χ1n) is 7.31. The van der Waals surface area contributed by atoms with Gasteiger partial charge in [-0.2, -0.15) is 0 Å². The number of rotatable bonds is 7. The normalized spacial score (nSPS) is 22.6. The molecule has 2 unspecified atom stereocenters. The third-order valence-corrected chi connectivity index (χ3v) is 4.23. The van der Waals surface area contributed by atoms with Crippen molar-refractivity contribution < 1.29 is 0 Å². The van der Waals surface area contributed by atoms with Crippen LogP contribution in [-0.2, 0) is 0 Å². The lowest BCUT2D eigenvalue weighted by Crippen LogP contribution is -2.49. The summed E-state index contributed by atoms with van der Waals surface area (Å²) in [4.78, 5) is 5.26. The molecule has 0 aromatic rings. The molecule has 0 aromatic heterocycles. The van der Waals surface area contributed by atoms with Crippen LogP contribution in [0, 0.1) is 0 Å². The van der Waals surface area contributed by atoms with Gasteiger partial charge in [-0.1, -0.05) is 6.92 Å². The fourth-order valence-corrected chi connectivity index (χ4v) is 2.45. The number of hydrogen-bond donors (Lipinski definition) is 1. The molecule has 1 N–H and O–H groups in total. The summed E-state index contributed by atoms with van der Waals surface area (Å²) in [6, 6.07) is 1.43. The first kappa shape index (κ1) is 14.9. The Kier molecular flexibility index (Phi) is 7.09. The van der Waals surface area contributed by atoms with Gasteiger partial charge < -0.3 is 10.2 Å². The molecular weight excluding hydrogens is 210 g/mol. The van der Waals surface area contributed by atoms with E-state index in [4.69, 9.17) is 0 Å². The van der Waals surface area contributed by atoms with Crippen molar-refractivity contribution in [3.63, 3.8) is 0 Å². The van der Waals surface area contributed by atoms with Crippen LogP contribution in [0.1, 0.15) is 40.0 Å². The van der Waals surface area contributed by atoms with Gasteiger partial charge in [0.05, 0.1) is 0 Å².